The minimum absolute atomic E-state index is 0.375. The Kier molecular flexibility index (Phi) is 3.63. The third kappa shape index (κ3) is 2.75. The molecule has 1 unspecified atom stereocenters. The molecule has 0 spiro atoms. The molecule has 2 nitrogen and oxygen atoms in total. The minimum Gasteiger partial charge on any atom is -0.302 e. The number of carbonyl (C=O) groups is 1. The van der Waals surface area contributed by atoms with Gasteiger partial charge in [0.05, 0.1) is 5.41 Å². The molecule has 92 valence electrons. The highest BCUT2D eigenvalue weighted by Gasteiger charge is 2.35. The molecule has 1 aromatic carbocycles. The quantitative estimate of drug-likeness (QED) is 0.701. The molecule has 1 atom stereocenters. The number of hydrogen-bond donors (Lipinski definition) is 0. The fraction of sp³-hybridized carbons (Fsp3) is 0.533. The maximum atomic E-state index is 11.5. The summed E-state index contributed by atoms with van der Waals surface area (Å²) in [6.45, 7) is 6.08. The molecule has 2 heteroatoms. The van der Waals surface area contributed by atoms with Gasteiger partial charge in [-0.1, -0.05) is 37.3 Å². The van der Waals surface area contributed by atoms with E-state index in [0.29, 0.717) is 6.04 Å². The molecule has 0 aromatic heterocycles. The van der Waals surface area contributed by atoms with Crippen LogP contribution < -0.4 is 0 Å². The van der Waals surface area contributed by atoms with Gasteiger partial charge in [0.1, 0.15) is 6.29 Å². The van der Waals surface area contributed by atoms with E-state index in [9.17, 15) is 4.79 Å². The average molecular weight is 231 g/mol. The summed E-state index contributed by atoms with van der Waals surface area (Å²) in [4.78, 5) is 13.9. The van der Waals surface area contributed by atoms with Crippen molar-refractivity contribution in [3.05, 3.63) is 35.9 Å². The van der Waals surface area contributed by atoms with E-state index in [1.807, 2.05) is 25.1 Å². The molecule has 1 saturated carbocycles. The van der Waals surface area contributed by atoms with Gasteiger partial charge in [-0.05, 0) is 31.9 Å². The highest BCUT2D eigenvalue weighted by Crippen LogP contribution is 2.31. The van der Waals surface area contributed by atoms with E-state index in [1.54, 1.807) is 0 Å². The summed E-state index contributed by atoms with van der Waals surface area (Å²) in [7, 11) is 0. The topological polar surface area (TPSA) is 20.3 Å². The monoisotopic (exact) mass is 231 g/mol. The van der Waals surface area contributed by atoms with Crippen molar-refractivity contribution in [2.24, 2.45) is 0 Å². The Morgan fingerprint density at radius 1 is 1.35 bits per heavy atom. The maximum Gasteiger partial charge on any atom is 0.131 e. The molecule has 17 heavy (non-hydrogen) atoms. The van der Waals surface area contributed by atoms with Crippen LogP contribution in [0.3, 0.4) is 0 Å². The van der Waals surface area contributed by atoms with Gasteiger partial charge in [-0.2, -0.15) is 0 Å². The first kappa shape index (κ1) is 12.3. The summed E-state index contributed by atoms with van der Waals surface area (Å²) in [5, 5.41) is 0. The fourth-order valence-electron chi connectivity index (χ4n) is 2.38. The first-order chi connectivity index (χ1) is 8.19. The van der Waals surface area contributed by atoms with E-state index in [1.165, 1.54) is 12.8 Å². The van der Waals surface area contributed by atoms with Crippen LogP contribution in [-0.2, 0) is 10.2 Å². The third-order valence-corrected chi connectivity index (χ3v) is 3.69. The predicted octanol–water partition coefficient (Wildman–Crippen LogP) is 2.63. The molecule has 0 amide bonds. The van der Waals surface area contributed by atoms with Crippen LogP contribution in [0.15, 0.2) is 30.3 Å². The van der Waals surface area contributed by atoms with E-state index in [2.05, 4.69) is 24.0 Å². The molecule has 0 bridgehead atoms. The van der Waals surface area contributed by atoms with Crippen molar-refractivity contribution in [1.82, 2.24) is 4.90 Å². The van der Waals surface area contributed by atoms with Crippen LogP contribution >= 0.6 is 0 Å². The summed E-state index contributed by atoms with van der Waals surface area (Å²) in [5.41, 5.74) is 0.744. The number of rotatable bonds is 6. The Morgan fingerprint density at radius 2 is 2.00 bits per heavy atom. The Hall–Kier alpha value is -1.15. The number of hydrogen-bond acceptors (Lipinski definition) is 2. The molecule has 0 N–H and O–H groups in total. The minimum atomic E-state index is -0.375. The summed E-state index contributed by atoms with van der Waals surface area (Å²) >= 11 is 0. The summed E-state index contributed by atoms with van der Waals surface area (Å²) in [5.74, 6) is 0. The van der Waals surface area contributed by atoms with Crippen LogP contribution in [0.25, 0.3) is 0 Å². The first-order valence-corrected chi connectivity index (χ1v) is 6.45. The van der Waals surface area contributed by atoms with Crippen LogP contribution in [0.1, 0.15) is 32.3 Å². The molecule has 0 aliphatic heterocycles. The van der Waals surface area contributed by atoms with Crippen LogP contribution in [0, 0.1) is 0 Å². The van der Waals surface area contributed by atoms with Crippen molar-refractivity contribution in [2.75, 3.05) is 13.1 Å². The van der Waals surface area contributed by atoms with Gasteiger partial charge in [-0.3, -0.25) is 4.90 Å². The van der Waals surface area contributed by atoms with Gasteiger partial charge in [0.25, 0.3) is 0 Å². The third-order valence-electron chi connectivity index (χ3n) is 3.69. The van der Waals surface area contributed by atoms with Crippen LogP contribution in [0.2, 0.25) is 0 Å². The number of aldehydes is 1. The summed E-state index contributed by atoms with van der Waals surface area (Å²) in [6.07, 6.45) is 3.68. The van der Waals surface area contributed by atoms with E-state index in [4.69, 9.17) is 0 Å². The zero-order chi connectivity index (χ0) is 12.3. The molecule has 1 aromatic rings. The van der Waals surface area contributed by atoms with E-state index >= 15 is 0 Å². The van der Waals surface area contributed by atoms with E-state index < -0.39 is 0 Å². The molecule has 1 fully saturated rings. The zero-order valence-electron chi connectivity index (χ0n) is 10.7. The van der Waals surface area contributed by atoms with Crippen LogP contribution in [0.4, 0.5) is 0 Å². The summed E-state index contributed by atoms with van der Waals surface area (Å²) in [6, 6.07) is 10.8. The standard InChI is InChI=1S/C15H21NO/c1-3-16(14-9-10-14)11-15(2,12-17)13-7-5-4-6-8-13/h4-8,12,14H,3,9-11H2,1-2H3. The van der Waals surface area contributed by atoms with Gasteiger partial charge in [-0.25, -0.2) is 0 Å². The Morgan fingerprint density at radius 3 is 2.47 bits per heavy atom. The predicted molar refractivity (Wildman–Crippen MR) is 70.1 cm³/mol. The molecule has 2 rings (SSSR count). The largest absolute Gasteiger partial charge is 0.302 e. The smallest absolute Gasteiger partial charge is 0.131 e. The van der Waals surface area contributed by atoms with E-state index in [0.717, 1.165) is 24.9 Å². The van der Waals surface area contributed by atoms with Gasteiger partial charge in [0.2, 0.25) is 0 Å². The van der Waals surface area contributed by atoms with E-state index in [-0.39, 0.29) is 5.41 Å². The van der Waals surface area contributed by atoms with Crippen molar-refractivity contribution in [1.29, 1.82) is 0 Å². The fourth-order valence-corrected chi connectivity index (χ4v) is 2.38. The SMILES string of the molecule is CCN(CC(C)(C=O)c1ccccc1)C1CC1. The summed E-state index contributed by atoms with van der Waals surface area (Å²) < 4.78 is 0. The van der Waals surface area contributed by atoms with Gasteiger partial charge in [0, 0.05) is 12.6 Å². The lowest BCUT2D eigenvalue weighted by Crippen LogP contribution is -2.41. The Bertz CT molecular complexity index is 372. The molecule has 0 saturated heterocycles. The second-order valence-corrected chi connectivity index (χ2v) is 5.20. The number of carbonyl (C=O) groups excluding carboxylic acids is 1. The van der Waals surface area contributed by atoms with Crippen LogP contribution in [-0.4, -0.2) is 30.3 Å². The molecule has 1 aliphatic rings. The van der Waals surface area contributed by atoms with Crippen molar-refractivity contribution in [3.8, 4) is 0 Å². The first-order valence-electron chi connectivity index (χ1n) is 6.45. The van der Waals surface area contributed by atoms with Crippen molar-refractivity contribution in [2.45, 2.75) is 38.1 Å². The highest BCUT2D eigenvalue weighted by atomic mass is 16.1. The Labute approximate surface area is 104 Å². The molecular weight excluding hydrogens is 210 g/mol. The van der Waals surface area contributed by atoms with Crippen molar-refractivity contribution < 1.29 is 4.79 Å². The van der Waals surface area contributed by atoms with Gasteiger partial charge in [-0.15, -0.1) is 0 Å². The molecule has 0 heterocycles. The normalized spacial score (nSPS) is 19.0. The van der Waals surface area contributed by atoms with Gasteiger partial charge < -0.3 is 4.79 Å². The zero-order valence-corrected chi connectivity index (χ0v) is 10.7. The van der Waals surface area contributed by atoms with Crippen LogP contribution in [0.5, 0.6) is 0 Å². The van der Waals surface area contributed by atoms with Gasteiger partial charge in [0.15, 0.2) is 0 Å². The number of benzene rings is 1. The molecule has 0 radical (unpaired) electrons. The second kappa shape index (κ2) is 5.01. The molecular formula is C15H21NO. The lowest BCUT2D eigenvalue weighted by Gasteiger charge is -2.31. The van der Waals surface area contributed by atoms with Gasteiger partial charge >= 0.3 is 0 Å². The van der Waals surface area contributed by atoms with Crippen molar-refractivity contribution in [3.63, 3.8) is 0 Å². The van der Waals surface area contributed by atoms with Crippen molar-refractivity contribution >= 4 is 6.29 Å². The number of likely N-dealkylation sites (N-methyl/N-ethyl adjacent to an activating group) is 1. The second-order valence-electron chi connectivity index (χ2n) is 5.20. The Balaban J connectivity index is 2.16. The molecule has 1 aliphatic carbocycles. The maximum absolute atomic E-state index is 11.5. The highest BCUT2D eigenvalue weighted by molar-refractivity contribution is 5.68. The number of nitrogens with zero attached hydrogens (tertiary/aromatic N) is 1. The lowest BCUT2D eigenvalue weighted by molar-refractivity contribution is -0.112. The lowest BCUT2D eigenvalue weighted by atomic mass is 9.83. The average Bonchev–Trinajstić information content (AvgIpc) is 3.21.